The number of nitriles is 1. The lowest BCUT2D eigenvalue weighted by atomic mass is 10.1. The van der Waals surface area contributed by atoms with Crippen molar-refractivity contribution in [2.24, 2.45) is 0 Å². The second kappa shape index (κ2) is 15.2. The summed E-state index contributed by atoms with van der Waals surface area (Å²) < 4.78 is 10.7. The van der Waals surface area contributed by atoms with Gasteiger partial charge in [0.1, 0.15) is 28.9 Å². The number of nitrogens with zero attached hydrogens (tertiary/aromatic N) is 2. The number of non-ortho nitro benzene ring substituents is 1. The highest BCUT2D eigenvalue weighted by Gasteiger charge is 2.16. The minimum absolute atomic E-state index is 0.123. The maximum absolute atomic E-state index is 10.8. The summed E-state index contributed by atoms with van der Waals surface area (Å²) in [6.45, 7) is 13.7. The minimum Gasteiger partial charge on any atom is -0.497 e. The van der Waals surface area contributed by atoms with Crippen molar-refractivity contribution in [1.29, 1.82) is 5.26 Å². The lowest BCUT2D eigenvalue weighted by molar-refractivity contribution is -0.384. The van der Waals surface area contributed by atoms with E-state index in [1.165, 1.54) is 12.1 Å². The van der Waals surface area contributed by atoms with Crippen molar-refractivity contribution in [3.05, 3.63) is 57.6 Å². The molecule has 0 N–H and O–H groups in total. The number of nitro groups is 1. The molecule has 0 saturated heterocycles. The molecule has 0 saturated carbocycles. The molecule has 0 unspecified atom stereocenters. The number of rotatable bonds is 4. The van der Waals surface area contributed by atoms with Crippen LogP contribution in [0.15, 0.2) is 36.4 Å². The van der Waals surface area contributed by atoms with Crippen LogP contribution in [-0.2, 0) is 0 Å². The van der Waals surface area contributed by atoms with Gasteiger partial charge in [0.15, 0.2) is 0 Å². The fourth-order valence-corrected chi connectivity index (χ4v) is 1.84. The summed E-state index contributed by atoms with van der Waals surface area (Å²) in [7, 11) is 1.56. The molecule has 2 rings (SSSR count). The molecule has 0 spiro atoms. The lowest BCUT2D eigenvalue weighted by Gasteiger charge is -2.10. The van der Waals surface area contributed by atoms with Crippen LogP contribution >= 0.6 is 0 Å². The number of methoxy groups -OCH3 is 1. The van der Waals surface area contributed by atoms with Crippen molar-refractivity contribution in [3.8, 4) is 23.3 Å². The molecule has 0 aromatic heterocycles. The van der Waals surface area contributed by atoms with Crippen molar-refractivity contribution in [1.82, 2.24) is 0 Å². The van der Waals surface area contributed by atoms with E-state index < -0.39 is 4.92 Å². The van der Waals surface area contributed by atoms with Gasteiger partial charge in [-0.15, -0.1) is 0 Å². The molecule has 148 valence electrons. The van der Waals surface area contributed by atoms with Crippen molar-refractivity contribution >= 4 is 5.69 Å². The number of hydrogen-bond acceptors (Lipinski definition) is 5. The summed E-state index contributed by atoms with van der Waals surface area (Å²) in [5.74, 6) is 1.51. The van der Waals surface area contributed by atoms with E-state index in [9.17, 15) is 10.1 Å². The maximum atomic E-state index is 10.8. The van der Waals surface area contributed by atoms with E-state index in [0.29, 0.717) is 22.8 Å². The van der Waals surface area contributed by atoms with Crippen LogP contribution in [0.2, 0.25) is 0 Å². The van der Waals surface area contributed by atoms with Crippen LogP contribution in [-0.4, -0.2) is 12.0 Å². The Balaban J connectivity index is 0. The Morgan fingerprint density at radius 3 is 1.85 bits per heavy atom. The van der Waals surface area contributed by atoms with Gasteiger partial charge in [-0.3, -0.25) is 10.1 Å². The van der Waals surface area contributed by atoms with Crippen LogP contribution in [0.3, 0.4) is 0 Å². The average Bonchev–Trinajstić information content (AvgIpc) is 2.74. The third-order valence-corrected chi connectivity index (χ3v) is 2.87. The van der Waals surface area contributed by atoms with E-state index in [0.717, 1.165) is 0 Å². The molecule has 0 radical (unpaired) electrons. The second-order valence-electron chi connectivity index (χ2n) is 4.29. The highest BCUT2D eigenvalue weighted by molar-refractivity contribution is 5.56. The van der Waals surface area contributed by atoms with Gasteiger partial charge in [-0.25, -0.2) is 0 Å². The molecule has 6 nitrogen and oxygen atoms in total. The van der Waals surface area contributed by atoms with Crippen LogP contribution in [0, 0.1) is 28.4 Å². The average molecular weight is 374 g/mol. The van der Waals surface area contributed by atoms with Gasteiger partial charge in [0.05, 0.1) is 12.0 Å². The quantitative estimate of drug-likeness (QED) is 0.441. The molecule has 0 bridgehead atoms. The highest BCUT2D eigenvalue weighted by atomic mass is 16.6. The standard InChI is InChI=1S/C15H12N2O4.3C2H6/c1-10-7-12(17(18)19)8-11(9-16)15(10)21-14-5-3-13(20-2)4-6-14;3*1-2/h3-8H,1-2H3;3*1-2H3. The van der Waals surface area contributed by atoms with Gasteiger partial charge in [0, 0.05) is 12.1 Å². The Morgan fingerprint density at radius 1 is 0.963 bits per heavy atom. The Kier molecular flexibility index (Phi) is 14.7. The number of aryl methyl sites for hydroxylation is 1. The molecule has 0 aliphatic rings. The highest BCUT2D eigenvalue weighted by Crippen LogP contribution is 2.32. The van der Waals surface area contributed by atoms with Gasteiger partial charge in [-0.1, -0.05) is 41.5 Å². The number of ether oxygens (including phenoxy) is 2. The van der Waals surface area contributed by atoms with Crippen LogP contribution in [0.1, 0.15) is 52.7 Å². The molecular formula is C21H30N2O4. The zero-order valence-electron chi connectivity index (χ0n) is 17.5. The minimum atomic E-state index is -0.537. The Labute approximate surface area is 162 Å². The second-order valence-corrected chi connectivity index (χ2v) is 4.29. The van der Waals surface area contributed by atoms with Crippen molar-refractivity contribution in [2.75, 3.05) is 7.11 Å². The first-order valence-corrected chi connectivity index (χ1v) is 9.06. The van der Waals surface area contributed by atoms with Gasteiger partial charge in [0.2, 0.25) is 0 Å². The largest absolute Gasteiger partial charge is 0.497 e. The van der Waals surface area contributed by atoms with E-state index in [4.69, 9.17) is 14.7 Å². The topological polar surface area (TPSA) is 85.4 Å². The van der Waals surface area contributed by atoms with Crippen molar-refractivity contribution in [3.63, 3.8) is 0 Å². The van der Waals surface area contributed by atoms with E-state index in [1.54, 1.807) is 38.3 Å². The van der Waals surface area contributed by atoms with Gasteiger partial charge in [-0.05, 0) is 36.8 Å². The summed E-state index contributed by atoms with van der Waals surface area (Å²) >= 11 is 0. The molecule has 0 heterocycles. The van der Waals surface area contributed by atoms with Crippen LogP contribution in [0.4, 0.5) is 5.69 Å². The predicted molar refractivity (Wildman–Crippen MR) is 110 cm³/mol. The molecule has 2 aromatic rings. The predicted octanol–water partition coefficient (Wildman–Crippen LogP) is 6.65. The smallest absolute Gasteiger partial charge is 0.271 e. The van der Waals surface area contributed by atoms with Crippen LogP contribution < -0.4 is 9.47 Å². The molecule has 6 heteroatoms. The van der Waals surface area contributed by atoms with Crippen LogP contribution in [0.5, 0.6) is 17.2 Å². The van der Waals surface area contributed by atoms with Gasteiger partial charge in [-0.2, -0.15) is 5.26 Å². The monoisotopic (exact) mass is 374 g/mol. The molecule has 0 fully saturated rings. The number of nitro benzene ring substituents is 1. The summed E-state index contributed by atoms with van der Waals surface area (Å²) in [6.07, 6.45) is 0. The Morgan fingerprint density at radius 2 is 1.44 bits per heavy atom. The SMILES string of the molecule is CC.CC.CC.COc1ccc(Oc2c(C)cc([N+](=O)[O-])cc2C#N)cc1. The molecule has 0 amide bonds. The first-order valence-electron chi connectivity index (χ1n) is 9.06. The van der Waals surface area contributed by atoms with Crippen molar-refractivity contribution < 1.29 is 14.4 Å². The van der Waals surface area contributed by atoms with Crippen molar-refractivity contribution in [2.45, 2.75) is 48.5 Å². The lowest BCUT2D eigenvalue weighted by Crippen LogP contribution is -1.96. The summed E-state index contributed by atoms with van der Waals surface area (Å²) in [6, 6.07) is 11.3. The first kappa shape index (κ1) is 26.2. The Hall–Kier alpha value is -3.07. The molecule has 27 heavy (non-hydrogen) atoms. The number of benzene rings is 2. The third-order valence-electron chi connectivity index (χ3n) is 2.87. The number of hydrogen-bond donors (Lipinski definition) is 0. The molecule has 0 atom stereocenters. The zero-order chi connectivity index (χ0) is 21.4. The van der Waals surface area contributed by atoms with Gasteiger partial charge < -0.3 is 9.47 Å². The summed E-state index contributed by atoms with van der Waals surface area (Å²) in [5, 5.41) is 19.9. The fraction of sp³-hybridized carbons (Fsp3) is 0.381. The third kappa shape index (κ3) is 8.23. The van der Waals surface area contributed by atoms with E-state index in [1.807, 2.05) is 47.6 Å². The first-order chi connectivity index (χ1) is 13.0. The van der Waals surface area contributed by atoms with Crippen LogP contribution in [0.25, 0.3) is 0 Å². The van der Waals surface area contributed by atoms with Gasteiger partial charge >= 0.3 is 0 Å². The molecule has 0 aliphatic carbocycles. The van der Waals surface area contributed by atoms with Gasteiger partial charge in [0.25, 0.3) is 5.69 Å². The maximum Gasteiger partial charge on any atom is 0.271 e. The van der Waals surface area contributed by atoms with E-state index in [2.05, 4.69) is 0 Å². The van der Waals surface area contributed by atoms with E-state index >= 15 is 0 Å². The fourth-order valence-electron chi connectivity index (χ4n) is 1.84. The molecule has 0 aliphatic heterocycles. The summed E-state index contributed by atoms with van der Waals surface area (Å²) in [4.78, 5) is 10.3. The zero-order valence-corrected chi connectivity index (χ0v) is 17.5. The normalized spacial score (nSPS) is 8.26. The molecular weight excluding hydrogens is 344 g/mol. The Bertz CT molecular complexity index is 720. The van der Waals surface area contributed by atoms with E-state index in [-0.39, 0.29) is 11.3 Å². The summed E-state index contributed by atoms with van der Waals surface area (Å²) in [5.41, 5.74) is 0.514. The molecule has 2 aromatic carbocycles.